The number of hydrogen-bond acceptors (Lipinski definition) is 3. The van der Waals surface area contributed by atoms with E-state index in [4.69, 9.17) is 28.9 Å². The number of benzene rings is 1. The van der Waals surface area contributed by atoms with Crippen molar-refractivity contribution < 1.29 is 4.79 Å². The molecule has 0 spiro atoms. The molecule has 1 aliphatic rings. The molecule has 0 bridgehead atoms. The van der Waals surface area contributed by atoms with E-state index >= 15 is 0 Å². The van der Waals surface area contributed by atoms with Gasteiger partial charge in [0.15, 0.2) is 0 Å². The summed E-state index contributed by atoms with van der Waals surface area (Å²) in [6.45, 7) is 0.620. The normalized spacial score (nSPS) is 19.9. The highest BCUT2D eigenvalue weighted by Gasteiger charge is 2.27. The lowest BCUT2D eigenvalue weighted by atomic mass is 10.1. The fraction of sp³-hybridized carbons (Fsp3) is 0.385. The molecule has 7 heteroatoms. The van der Waals surface area contributed by atoms with Crippen molar-refractivity contribution in [1.29, 1.82) is 0 Å². The SMILES string of the molecule is CN1CC(n2c(N)nc3cc(Cl)c(Cl)cc32)CCC1=O. The molecule has 1 saturated heterocycles. The number of hydrogen-bond donors (Lipinski definition) is 1. The Morgan fingerprint density at radius 1 is 1.35 bits per heavy atom. The van der Waals surface area contributed by atoms with E-state index in [1.807, 2.05) is 4.57 Å². The van der Waals surface area contributed by atoms with E-state index in [1.54, 1.807) is 24.1 Å². The fourth-order valence-corrected chi connectivity index (χ4v) is 3.01. The minimum Gasteiger partial charge on any atom is -0.369 e. The van der Waals surface area contributed by atoms with Crippen molar-refractivity contribution in [3.63, 3.8) is 0 Å². The van der Waals surface area contributed by atoms with Crippen LogP contribution >= 0.6 is 23.2 Å². The summed E-state index contributed by atoms with van der Waals surface area (Å²) < 4.78 is 1.94. The van der Waals surface area contributed by atoms with Crippen molar-refractivity contribution in [2.24, 2.45) is 0 Å². The maximum atomic E-state index is 11.6. The highest BCUT2D eigenvalue weighted by atomic mass is 35.5. The number of aromatic nitrogens is 2. The number of amides is 1. The average molecular weight is 313 g/mol. The summed E-state index contributed by atoms with van der Waals surface area (Å²) >= 11 is 12.1. The van der Waals surface area contributed by atoms with Crippen LogP contribution in [-0.4, -0.2) is 34.0 Å². The van der Waals surface area contributed by atoms with Gasteiger partial charge < -0.3 is 15.2 Å². The van der Waals surface area contributed by atoms with Crippen LogP contribution in [0, 0.1) is 0 Å². The van der Waals surface area contributed by atoms with E-state index < -0.39 is 0 Å². The minimum absolute atomic E-state index is 0.111. The highest BCUT2D eigenvalue weighted by Crippen LogP contribution is 2.33. The van der Waals surface area contributed by atoms with Gasteiger partial charge in [0.25, 0.3) is 0 Å². The lowest BCUT2D eigenvalue weighted by Crippen LogP contribution is -2.38. The highest BCUT2D eigenvalue weighted by molar-refractivity contribution is 6.42. The van der Waals surface area contributed by atoms with E-state index in [9.17, 15) is 4.79 Å². The first-order valence-corrected chi connectivity index (χ1v) is 7.09. The molecule has 2 aromatic rings. The van der Waals surface area contributed by atoms with E-state index in [0.29, 0.717) is 29.0 Å². The van der Waals surface area contributed by atoms with Crippen molar-refractivity contribution in [3.05, 3.63) is 22.2 Å². The Hall–Kier alpha value is -1.46. The monoisotopic (exact) mass is 312 g/mol. The van der Waals surface area contributed by atoms with Crippen molar-refractivity contribution in [3.8, 4) is 0 Å². The quantitative estimate of drug-likeness (QED) is 0.880. The predicted octanol–water partition coefficient (Wildman–Crippen LogP) is 2.72. The van der Waals surface area contributed by atoms with Gasteiger partial charge in [0.2, 0.25) is 11.9 Å². The average Bonchev–Trinajstić information content (AvgIpc) is 2.69. The molecular weight excluding hydrogens is 299 g/mol. The molecule has 2 N–H and O–H groups in total. The smallest absolute Gasteiger partial charge is 0.222 e. The molecule has 1 amide bonds. The molecule has 1 aliphatic heterocycles. The molecule has 1 fully saturated rings. The number of carbonyl (C=O) groups is 1. The number of likely N-dealkylation sites (tertiary alicyclic amines) is 1. The molecule has 1 aromatic carbocycles. The largest absolute Gasteiger partial charge is 0.369 e. The van der Waals surface area contributed by atoms with Crippen LogP contribution in [0.3, 0.4) is 0 Å². The number of carbonyl (C=O) groups excluding carboxylic acids is 1. The number of rotatable bonds is 1. The number of nitrogens with two attached hydrogens (primary N) is 1. The van der Waals surface area contributed by atoms with E-state index in [0.717, 1.165) is 17.5 Å². The first-order valence-electron chi connectivity index (χ1n) is 6.34. The summed E-state index contributed by atoms with van der Waals surface area (Å²) in [7, 11) is 1.80. The van der Waals surface area contributed by atoms with Gasteiger partial charge in [-0.1, -0.05) is 23.2 Å². The van der Waals surface area contributed by atoms with Gasteiger partial charge in [-0.25, -0.2) is 4.98 Å². The summed E-state index contributed by atoms with van der Waals surface area (Å²) in [5.74, 6) is 0.580. The van der Waals surface area contributed by atoms with Gasteiger partial charge in [-0.2, -0.15) is 0 Å². The second-order valence-electron chi connectivity index (χ2n) is 5.06. The number of anilines is 1. The third-order valence-corrected chi connectivity index (χ3v) is 4.45. The number of piperidine rings is 1. The molecular formula is C13H14Cl2N4O. The summed E-state index contributed by atoms with van der Waals surface area (Å²) in [5.41, 5.74) is 7.60. The van der Waals surface area contributed by atoms with Gasteiger partial charge >= 0.3 is 0 Å². The van der Waals surface area contributed by atoms with Gasteiger partial charge in [-0.05, 0) is 18.6 Å². The third kappa shape index (κ3) is 2.11. The Labute approximate surface area is 126 Å². The summed E-state index contributed by atoms with van der Waals surface area (Å²) in [6, 6.07) is 3.60. The van der Waals surface area contributed by atoms with E-state index in [-0.39, 0.29) is 11.9 Å². The molecule has 106 valence electrons. The van der Waals surface area contributed by atoms with Crippen LogP contribution in [0.4, 0.5) is 5.95 Å². The second-order valence-corrected chi connectivity index (χ2v) is 5.88. The van der Waals surface area contributed by atoms with Crippen LogP contribution in [0.15, 0.2) is 12.1 Å². The molecule has 2 heterocycles. The Kier molecular flexibility index (Phi) is 3.26. The summed E-state index contributed by atoms with van der Waals surface area (Å²) in [4.78, 5) is 17.6. The number of halogens is 2. The molecule has 1 atom stereocenters. The molecule has 0 radical (unpaired) electrons. The second kappa shape index (κ2) is 4.82. The molecule has 0 aliphatic carbocycles. The Bertz CT molecular complexity index is 697. The van der Waals surface area contributed by atoms with E-state index in [1.165, 1.54) is 0 Å². The number of nitrogens with zero attached hydrogens (tertiary/aromatic N) is 3. The van der Waals surface area contributed by atoms with Crippen molar-refractivity contribution in [2.45, 2.75) is 18.9 Å². The standard InChI is InChI=1S/C13H14Cl2N4O/c1-18-6-7(2-3-12(18)20)19-11-5-9(15)8(14)4-10(11)17-13(19)16/h4-5,7H,2-3,6H2,1H3,(H2,16,17). The Morgan fingerprint density at radius 3 is 2.75 bits per heavy atom. The number of fused-ring (bicyclic) bond motifs is 1. The topological polar surface area (TPSA) is 64.2 Å². The molecule has 0 saturated carbocycles. The predicted molar refractivity (Wildman–Crippen MR) is 80.1 cm³/mol. The lowest BCUT2D eigenvalue weighted by molar-refractivity contribution is -0.132. The zero-order chi connectivity index (χ0) is 14.4. The van der Waals surface area contributed by atoms with Crippen LogP contribution in [0.5, 0.6) is 0 Å². The third-order valence-electron chi connectivity index (χ3n) is 3.73. The van der Waals surface area contributed by atoms with E-state index in [2.05, 4.69) is 4.98 Å². The van der Waals surface area contributed by atoms with Crippen LogP contribution in [0.1, 0.15) is 18.9 Å². The van der Waals surface area contributed by atoms with Gasteiger partial charge in [0, 0.05) is 20.0 Å². The summed E-state index contributed by atoms with van der Waals surface area (Å²) in [5, 5.41) is 0.931. The van der Waals surface area contributed by atoms with Crippen molar-refractivity contribution in [1.82, 2.24) is 14.5 Å². The molecule has 1 unspecified atom stereocenters. The first kappa shape index (κ1) is 13.5. The number of imidazole rings is 1. The first-order chi connectivity index (χ1) is 9.47. The Morgan fingerprint density at radius 2 is 2.05 bits per heavy atom. The van der Waals surface area contributed by atoms with Crippen LogP contribution in [-0.2, 0) is 4.79 Å². The molecule has 20 heavy (non-hydrogen) atoms. The minimum atomic E-state index is 0.111. The van der Waals surface area contributed by atoms with Gasteiger partial charge in [0.1, 0.15) is 0 Å². The van der Waals surface area contributed by atoms with Gasteiger partial charge in [0.05, 0.1) is 27.1 Å². The Balaban J connectivity index is 2.09. The van der Waals surface area contributed by atoms with Crippen LogP contribution < -0.4 is 5.73 Å². The lowest BCUT2D eigenvalue weighted by Gasteiger charge is -2.31. The maximum absolute atomic E-state index is 11.6. The van der Waals surface area contributed by atoms with Crippen LogP contribution in [0.25, 0.3) is 11.0 Å². The van der Waals surface area contributed by atoms with Crippen molar-refractivity contribution >= 4 is 46.1 Å². The zero-order valence-corrected chi connectivity index (χ0v) is 12.4. The maximum Gasteiger partial charge on any atom is 0.222 e. The van der Waals surface area contributed by atoms with Gasteiger partial charge in [-0.3, -0.25) is 4.79 Å². The molecule has 3 rings (SSSR count). The number of nitrogen functional groups attached to an aromatic ring is 1. The zero-order valence-electron chi connectivity index (χ0n) is 10.9. The summed E-state index contributed by atoms with van der Waals surface area (Å²) in [6.07, 6.45) is 1.26. The fourth-order valence-electron chi connectivity index (χ4n) is 2.69. The molecule has 1 aromatic heterocycles. The van der Waals surface area contributed by atoms with Gasteiger partial charge in [-0.15, -0.1) is 0 Å². The molecule has 5 nitrogen and oxygen atoms in total. The van der Waals surface area contributed by atoms with Crippen LogP contribution in [0.2, 0.25) is 10.0 Å². The number of likely N-dealkylation sites (N-methyl/N-ethyl adjacent to an activating group) is 1. The van der Waals surface area contributed by atoms with Crippen molar-refractivity contribution in [2.75, 3.05) is 19.3 Å².